The maximum Gasteiger partial charge on any atom is 0.259 e. The van der Waals surface area contributed by atoms with Gasteiger partial charge in [-0.15, -0.1) is 0 Å². The van der Waals surface area contributed by atoms with Crippen molar-refractivity contribution in [3.63, 3.8) is 0 Å². The first-order valence-electron chi connectivity index (χ1n) is 7.86. The fourth-order valence-electron chi connectivity index (χ4n) is 2.67. The average Bonchev–Trinajstić information content (AvgIpc) is 2.98. The van der Waals surface area contributed by atoms with E-state index < -0.39 is 5.91 Å². The Morgan fingerprint density at radius 1 is 1.16 bits per heavy atom. The molecule has 3 rings (SSSR count). The summed E-state index contributed by atoms with van der Waals surface area (Å²) in [6.07, 6.45) is 3.43. The third-order valence-electron chi connectivity index (χ3n) is 3.85. The van der Waals surface area contributed by atoms with Crippen molar-refractivity contribution >= 4 is 22.9 Å². The smallest absolute Gasteiger partial charge is 0.259 e. The van der Waals surface area contributed by atoms with Gasteiger partial charge in [0, 0.05) is 22.7 Å². The Morgan fingerprint density at radius 2 is 1.88 bits per heavy atom. The van der Waals surface area contributed by atoms with Crippen molar-refractivity contribution in [2.45, 2.75) is 6.54 Å². The number of rotatable bonds is 6. The third kappa shape index (κ3) is 3.70. The molecule has 0 fully saturated rings. The van der Waals surface area contributed by atoms with Crippen LogP contribution in [0, 0.1) is 11.3 Å². The molecule has 0 unspecified atom stereocenters. The van der Waals surface area contributed by atoms with E-state index in [0.29, 0.717) is 13.2 Å². The summed E-state index contributed by atoms with van der Waals surface area (Å²) in [6.45, 7) is 1.15. The van der Waals surface area contributed by atoms with Gasteiger partial charge in [-0.25, -0.2) is 0 Å². The summed E-state index contributed by atoms with van der Waals surface area (Å²) < 4.78 is 7.79. The highest BCUT2D eigenvalue weighted by atomic mass is 16.5. The van der Waals surface area contributed by atoms with Gasteiger partial charge in [0.1, 0.15) is 24.0 Å². The molecule has 1 amide bonds. The number of amides is 1. The Balaban J connectivity index is 1.86. The fraction of sp³-hybridized carbons (Fsp3) is 0.100. The maximum atomic E-state index is 11.3. The van der Waals surface area contributed by atoms with E-state index in [9.17, 15) is 4.79 Å². The van der Waals surface area contributed by atoms with Crippen molar-refractivity contribution < 1.29 is 9.53 Å². The molecule has 3 aromatic rings. The van der Waals surface area contributed by atoms with Crippen molar-refractivity contribution in [1.82, 2.24) is 4.57 Å². The molecule has 0 aliphatic carbocycles. The number of carbonyl (C=O) groups excluding carboxylic acids is 1. The molecule has 5 heteroatoms. The number of carbonyl (C=O) groups is 1. The zero-order valence-electron chi connectivity index (χ0n) is 13.6. The number of nitrogens with two attached hydrogens (primary N) is 1. The quantitative estimate of drug-likeness (QED) is 0.556. The van der Waals surface area contributed by atoms with Crippen molar-refractivity contribution in [1.29, 1.82) is 5.26 Å². The fourth-order valence-corrected chi connectivity index (χ4v) is 2.67. The molecule has 0 saturated heterocycles. The van der Waals surface area contributed by atoms with Crippen molar-refractivity contribution in [2.75, 3.05) is 6.61 Å². The van der Waals surface area contributed by atoms with Gasteiger partial charge < -0.3 is 15.0 Å². The summed E-state index contributed by atoms with van der Waals surface area (Å²) in [6, 6.07) is 19.3. The molecule has 124 valence electrons. The lowest BCUT2D eigenvalue weighted by atomic mass is 10.1. The number of fused-ring (bicyclic) bond motifs is 1. The van der Waals surface area contributed by atoms with E-state index in [1.54, 1.807) is 0 Å². The zero-order chi connectivity index (χ0) is 17.6. The largest absolute Gasteiger partial charge is 0.492 e. The van der Waals surface area contributed by atoms with E-state index in [4.69, 9.17) is 15.7 Å². The molecule has 0 bridgehead atoms. The molecule has 2 N–H and O–H groups in total. The Bertz CT molecular complexity index is 966. The number of primary amides is 1. The molecule has 0 atom stereocenters. The number of benzene rings is 2. The van der Waals surface area contributed by atoms with Gasteiger partial charge in [-0.1, -0.05) is 36.4 Å². The van der Waals surface area contributed by atoms with Crippen LogP contribution in [-0.2, 0) is 11.3 Å². The summed E-state index contributed by atoms with van der Waals surface area (Å²) in [7, 11) is 0. The highest BCUT2D eigenvalue weighted by molar-refractivity contribution is 6.03. The SMILES string of the molecule is N#C/C(=C\c1cn(CCOc2ccccc2)c2ccccc12)C(N)=O. The monoisotopic (exact) mass is 331 g/mol. The molecule has 0 radical (unpaired) electrons. The molecular formula is C20H17N3O2. The van der Waals surface area contributed by atoms with Crippen LogP contribution in [0.15, 0.2) is 66.4 Å². The first kappa shape index (κ1) is 16.3. The minimum absolute atomic E-state index is 0.0663. The molecule has 0 aliphatic heterocycles. The van der Waals surface area contributed by atoms with Crippen LogP contribution in [0.25, 0.3) is 17.0 Å². The van der Waals surface area contributed by atoms with Crippen LogP contribution in [0.3, 0.4) is 0 Å². The standard InChI is InChI=1S/C20H17N3O2/c21-13-15(20(22)24)12-16-14-23(19-9-5-4-8-18(16)19)10-11-25-17-6-2-1-3-7-17/h1-9,12,14H,10-11H2,(H2,22,24)/b15-12+. The number of ether oxygens (including phenoxy) is 1. The summed E-state index contributed by atoms with van der Waals surface area (Å²) in [4.78, 5) is 11.3. The molecule has 25 heavy (non-hydrogen) atoms. The van der Waals surface area contributed by atoms with E-state index in [1.807, 2.05) is 71.4 Å². The summed E-state index contributed by atoms with van der Waals surface area (Å²) in [5, 5.41) is 10.0. The van der Waals surface area contributed by atoms with E-state index in [-0.39, 0.29) is 5.57 Å². The van der Waals surface area contributed by atoms with Gasteiger partial charge in [0.15, 0.2) is 0 Å². The lowest BCUT2D eigenvalue weighted by Crippen LogP contribution is -2.12. The lowest BCUT2D eigenvalue weighted by molar-refractivity contribution is -0.114. The molecule has 1 aromatic heterocycles. The Hall–Kier alpha value is -3.52. The van der Waals surface area contributed by atoms with Gasteiger partial charge >= 0.3 is 0 Å². The van der Waals surface area contributed by atoms with Gasteiger partial charge in [-0.05, 0) is 24.3 Å². The molecule has 1 heterocycles. The average molecular weight is 331 g/mol. The number of nitrogens with zero attached hydrogens (tertiary/aromatic N) is 2. The summed E-state index contributed by atoms with van der Waals surface area (Å²) in [5.41, 5.74) is 6.96. The Morgan fingerprint density at radius 3 is 2.60 bits per heavy atom. The van der Waals surface area contributed by atoms with Gasteiger partial charge in [-0.2, -0.15) is 5.26 Å². The molecule has 0 spiro atoms. The second kappa shape index (κ2) is 7.37. The number of hydrogen-bond acceptors (Lipinski definition) is 3. The number of para-hydroxylation sites is 2. The molecule has 0 saturated carbocycles. The Labute approximate surface area is 145 Å². The summed E-state index contributed by atoms with van der Waals surface area (Å²) >= 11 is 0. The van der Waals surface area contributed by atoms with Gasteiger partial charge in [0.05, 0.1) is 6.54 Å². The van der Waals surface area contributed by atoms with E-state index in [0.717, 1.165) is 22.2 Å². The first-order valence-corrected chi connectivity index (χ1v) is 7.86. The van der Waals surface area contributed by atoms with Crippen molar-refractivity contribution in [2.24, 2.45) is 5.73 Å². The minimum atomic E-state index is -0.730. The summed E-state index contributed by atoms with van der Waals surface area (Å²) in [5.74, 6) is 0.0892. The first-order chi connectivity index (χ1) is 12.2. The number of aromatic nitrogens is 1. The predicted octanol–water partition coefficient (Wildman–Crippen LogP) is 3.11. The highest BCUT2D eigenvalue weighted by Crippen LogP contribution is 2.23. The van der Waals surface area contributed by atoms with Crippen LogP contribution in [0.2, 0.25) is 0 Å². The van der Waals surface area contributed by atoms with Crippen molar-refractivity contribution in [3.05, 3.63) is 71.9 Å². The van der Waals surface area contributed by atoms with E-state index >= 15 is 0 Å². The topological polar surface area (TPSA) is 81.0 Å². The van der Waals surface area contributed by atoms with Crippen molar-refractivity contribution in [3.8, 4) is 11.8 Å². The molecule has 0 aliphatic rings. The molecular weight excluding hydrogens is 314 g/mol. The van der Waals surface area contributed by atoms with E-state index in [1.165, 1.54) is 6.08 Å². The van der Waals surface area contributed by atoms with Gasteiger partial charge in [-0.3, -0.25) is 4.79 Å². The van der Waals surface area contributed by atoms with E-state index in [2.05, 4.69) is 0 Å². The zero-order valence-corrected chi connectivity index (χ0v) is 13.6. The highest BCUT2D eigenvalue weighted by Gasteiger charge is 2.10. The molecule has 2 aromatic carbocycles. The van der Waals surface area contributed by atoms with Crippen LogP contribution in [0.1, 0.15) is 5.56 Å². The Kier molecular flexibility index (Phi) is 4.82. The van der Waals surface area contributed by atoms with Crippen LogP contribution < -0.4 is 10.5 Å². The second-order valence-corrected chi connectivity index (χ2v) is 5.49. The normalized spacial score (nSPS) is 11.2. The van der Waals surface area contributed by atoms with Crippen LogP contribution in [-0.4, -0.2) is 17.1 Å². The predicted molar refractivity (Wildman–Crippen MR) is 96.7 cm³/mol. The second-order valence-electron chi connectivity index (χ2n) is 5.49. The number of nitriles is 1. The maximum absolute atomic E-state index is 11.3. The molecule has 5 nitrogen and oxygen atoms in total. The van der Waals surface area contributed by atoms with Crippen LogP contribution in [0.4, 0.5) is 0 Å². The minimum Gasteiger partial charge on any atom is -0.492 e. The van der Waals surface area contributed by atoms with Gasteiger partial charge in [0.2, 0.25) is 0 Å². The third-order valence-corrected chi connectivity index (χ3v) is 3.85. The van der Waals surface area contributed by atoms with Crippen LogP contribution in [0.5, 0.6) is 5.75 Å². The number of hydrogen-bond donors (Lipinski definition) is 1. The van der Waals surface area contributed by atoms with Gasteiger partial charge in [0.25, 0.3) is 5.91 Å². The lowest BCUT2D eigenvalue weighted by Gasteiger charge is -2.08. The van der Waals surface area contributed by atoms with Crippen LogP contribution >= 0.6 is 0 Å².